The van der Waals surface area contributed by atoms with E-state index in [0.29, 0.717) is 13.0 Å². The van der Waals surface area contributed by atoms with Crippen LogP contribution in [0.4, 0.5) is 4.39 Å². The summed E-state index contributed by atoms with van der Waals surface area (Å²) >= 11 is 0. The maximum absolute atomic E-state index is 13.4. The molecule has 0 fully saturated rings. The molecule has 0 aliphatic carbocycles. The highest BCUT2D eigenvalue weighted by Gasteiger charge is 2.12. The summed E-state index contributed by atoms with van der Waals surface area (Å²) in [6, 6.07) is 6.19. The van der Waals surface area contributed by atoms with E-state index in [9.17, 15) is 9.18 Å². The Kier molecular flexibility index (Phi) is 6.58. The van der Waals surface area contributed by atoms with Gasteiger partial charge in [-0.3, -0.25) is 4.79 Å². The number of unbranched alkanes of at least 4 members (excludes halogenated alkanes) is 1. The minimum Gasteiger partial charge on any atom is -0.303 e. The Bertz CT molecular complexity index is 379. The minimum absolute atomic E-state index is 0.108. The molecule has 2 nitrogen and oxygen atoms in total. The van der Waals surface area contributed by atoms with E-state index in [4.69, 9.17) is 0 Å². The Morgan fingerprint density at radius 3 is 2.56 bits per heavy atom. The molecule has 0 aliphatic heterocycles. The molecule has 0 heterocycles. The lowest BCUT2D eigenvalue weighted by molar-refractivity contribution is 0.0961. The number of carbonyl (C=O) groups is 1. The number of benzene rings is 1. The molecule has 0 aliphatic rings. The molecule has 0 saturated heterocycles. The van der Waals surface area contributed by atoms with Crippen LogP contribution in [0, 0.1) is 5.82 Å². The second-order valence-electron chi connectivity index (χ2n) is 4.44. The molecule has 0 unspecified atom stereocenters. The van der Waals surface area contributed by atoms with Crippen molar-refractivity contribution in [2.75, 3.05) is 19.6 Å². The highest BCUT2D eigenvalue weighted by Crippen LogP contribution is 2.09. The molecular formula is C15H22FNO. The molecule has 100 valence electrons. The van der Waals surface area contributed by atoms with E-state index in [-0.39, 0.29) is 11.3 Å². The van der Waals surface area contributed by atoms with Gasteiger partial charge in [0.05, 0.1) is 5.56 Å². The SMILES string of the molecule is CCCCN(CC)CCC(=O)c1ccccc1F. The van der Waals surface area contributed by atoms with Crippen molar-refractivity contribution in [1.82, 2.24) is 4.90 Å². The number of nitrogens with zero attached hydrogens (tertiary/aromatic N) is 1. The first-order chi connectivity index (χ1) is 8.69. The van der Waals surface area contributed by atoms with Crippen molar-refractivity contribution >= 4 is 5.78 Å². The Morgan fingerprint density at radius 2 is 1.94 bits per heavy atom. The lowest BCUT2D eigenvalue weighted by Crippen LogP contribution is -2.27. The molecule has 0 radical (unpaired) electrons. The topological polar surface area (TPSA) is 20.3 Å². The van der Waals surface area contributed by atoms with Gasteiger partial charge in [-0.15, -0.1) is 0 Å². The van der Waals surface area contributed by atoms with E-state index >= 15 is 0 Å². The van der Waals surface area contributed by atoms with Crippen LogP contribution in [0.25, 0.3) is 0 Å². The first-order valence-electron chi connectivity index (χ1n) is 6.69. The Morgan fingerprint density at radius 1 is 1.22 bits per heavy atom. The van der Waals surface area contributed by atoms with Crippen molar-refractivity contribution in [3.05, 3.63) is 35.6 Å². The molecular weight excluding hydrogens is 229 g/mol. The molecule has 18 heavy (non-hydrogen) atoms. The van der Waals surface area contributed by atoms with Crippen LogP contribution in [0.15, 0.2) is 24.3 Å². The predicted octanol–water partition coefficient (Wildman–Crippen LogP) is 3.52. The van der Waals surface area contributed by atoms with E-state index in [1.807, 2.05) is 0 Å². The fourth-order valence-corrected chi connectivity index (χ4v) is 1.89. The van der Waals surface area contributed by atoms with Gasteiger partial charge in [-0.05, 0) is 31.6 Å². The quantitative estimate of drug-likeness (QED) is 0.659. The first kappa shape index (κ1) is 14.8. The van der Waals surface area contributed by atoms with Crippen molar-refractivity contribution in [2.24, 2.45) is 0 Å². The predicted molar refractivity (Wildman–Crippen MR) is 72.4 cm³/mol. The Balaban J connectivity index is 2.47. The van der Waals surface area contributed by atoms with Crippen LogP contribution in [-0.2, 0) is 0 Å². The highest BCUT2D eigenvalue weighted by atomic mass is 19.1. The first-order valence-corrected chi connectivity index (χ1v) is 6.69. The van der Waals surface area contributed by atoms with Gasteiger partial charge in [-0.2, -0.15) is 0 Å². The average Bonchev–Trinajstić information content (AvgIpc) is 2.39. The van der Waals surface area contributed by atoms with Gasteiger partial charge in [0.2, 0.25) is 0 Å². The second-order valence-corrected chi connectivity index (χ2v) is 4.44. The molecule has 0 saturated carbocycles. The number of ketones is 1. The lowest BCUT2D eigenvalue weighted by atomic mass is 10.1. The summed E-state index contributed by atoms with van der Waals surface area (Å²) in [5, 5.41) is 0. The number of Topliss-reactive ketones (excluding diaryl/α,β-unsaturated/α-hetero) is 1. The van der Waals surface area contributed by atoms with Crippen LogP contribution in [0.1, 0.15) is 43.5 Å². The zero-order valence-corrected chi connectivity index (χ0v) is 11.3. The van der Waals surface area contributed by atoms with Gasteiger partial charge in [-0.1, -0.05) is 32.4 Å². The smallest absolute Gasteiger partial charge is 0.167 e. The Hall–Kier alpha value is -1.22. The third kappa shape index (κ3) is 4.57. The van der Waals surface area contributed by atoms with Crippen LogP contribution in [0.5, 0.6) is 0 Å². The van der Waals surface area contributed by atoms with Gasteiger partial charge in [0, 0.05) is 13.0 Å². The molecule has 0 N–H and O–H groups in total. The standard InChI is InChI=1S/C15H22FNO/c1-3-5-11-17(4-2)12-10-15(18)13-8-6-7-9-14(13)16/h6-9H,3-5,10-12H2,1-2H3. The Labute approximate surface area is 109 Å². The van der Waals surface area contributed by atoms with Gasteiger partial charge >= 0.3 is 0 Å². The largest absolute Gasteiger partial charge is 0.303 e. The van der Waals surface area contributed by atoms with E-state index < -0.39 is 5.82 Å². The molecule has 1 aromatic rings. The molecule has 0 amide bonds. The minimum atomic E-state index is -0.417. The van der Waals surface area contributed by atoms with Crippen LogP contribution in [-0.4, -0.2) is 30.3 Å². The normalized spacial score (nSPS) is 10.9. The molecule has 0 bridgehead atoms. The fourth-order valence-electron chi connectivity index (χ4n) is 1.89. The summed E-state index contributed by atoms with van der Waals surface area (Å²) in [6.07, 6.45) is 2.68. The lowest BCUT2D eigenvalue weighted by Gasteiger charge is -2.19. The van der Waals surface area contributed by atoms with Gasteiger partial charge < -0.3 is 4.90 Å². The van der Waals surface area contributed by atoms with Gasteiger partial charge in [-0.25, -0.2) is 4.39 Å². The van der Waals surface area contributed by atoms with Gasteiger partial charge in [0.15, 0.2) is 5.78 Å². The third-order valence-corrected chi connectivity index (χ3v) is 3.10. The summed E-state index contributed by atoms with van der Waals surface area (Å²) in [6.45, 7) is 6.90. The molecule has 1 aromatic carbocycles. The monoisotopic (exact) mass is 251 g/mol. The van der Waals surface area contributed by atoms with Crippen LogP contribution < -0.4 is 0 Å². The number of rotatable bonds is 8. The zero-order valence-electron chi connectivity index (χ0n) is 11.3. The summed E-state index contributed by atoms with van der Waals surface area (Å²) in [5.74, 6) is -0.526. The summed E-state index contributed by atoms with van der Waals surface area (Å²) in [5.41, 5.74) is 0.212. The third-order valence-electron chi connectivity index (χ3n) is 3.10. The zero-order chi connectivity index (χ0) is 13.4. The number of carbonyl (C=O) groups excluding carboxylic acids is 1. The van der Waals surface area contributed by atoms with E-state index in [2.05, 4.69) is 18.7 Å². The van der Waals surface area contributed by atoms with E-state index in [1.54, 1.807) is 18.2 Å². The molecule has 1 rings (SSSR count). The summed E-state index contributed by atoms with van der Waals surface area (Å²) in [4.78, 5) is 14.1. The number of halogens is 1. The summed E-state index contributed by atoms with van der Waals surface area (Å²) < 4.78 is 13.4. The average molecular weight is 251 g/mol. The van der Waals surface area contributed by atoms with E-state index in [1.165, 1.54) is 6.07 Å². The van der Waals surface area contributed by atoms with Crippen LogP contribution in [0.2, 0.25) is 0 Å². The molecule has 3 heteroatoms. The van der Waals surface area contributed by atoms with Gasteiger partial charge in [0.1, 0.15) is 5.82 Å². The van der Waals surface area contributed by atoms with Crippen molar-refractivity contribution in [1.29, 1.82) is 0 Å². The van der Waals surface area contributed by atoms with Gasteiger partial charge in [0.25, 0.3) is 0 Å². The van der Waals surface area contributed by atoms with Crippen LogP contribution >= 0.6 is 0 Å². The highest BCUT2D eigenvalue weighted by molar-refractivity contribution is 5.96. The number of hydrogen-bond acceptors (Lipinski definition) is 2. The maximum atomic E-state index is 13.4. The molecule has 0 spiro atoms. The molecule has 0 atom stereocenters. The summed E-state index contributed by atoms with van der Waals surface area (Å²) in [7, 11) is 0. The maximum Gasteiger partial charge on any atom is 0.167 e. The van der Waals surface area contributed by atoms with Crippen molar-refractivity contribution in [3.63, 3.8) is 0 Å². The second kappa shape index (κ2) is 7.98. The number of hydrogen-bond donors (Lipinski definition) is 0. The van der Waals surface area contributed by atoms with Crippen molar-refractivity contribution in [3.8, 4) is 0 Å². The van der Waals surface area contributed by atoms with Crippen molar-refractivity contribution < 1.29 is 9.18 Å². The van der Waals surface area contributed by atoms with Crippen LogP contribution in [0.3, 0.4) is 0 Å². The van der Waals surface area contributed by atoms with Crippen molar-refractivity contribution in [2.45, 2.75) is 33.1 Å². The molecule has 0 aromatic heterocycles. The fraction of sp³-hybridized carbons (Fsp3) is 0.533. The van der Waals surface area contributed by atoms with E-state index in [0.717, 1.165) is 25.9 Å².